The van der Waals surface area contributed by atoms with Gasteiger partial charge in [0.05, 0.1) is 4.92 Å². The minimum atomic E-state index is -4.11. The van der Waals surface area contributed by atoms with E-state index in [9.17, 15) is 18.5 Å². The molecule has 0 saturated carbocycles. The fraction of sp³-hybridized carbons (Fsp3) is 0.111. The van der Waals surface area contributed by atoms with Crippen LogP contribution < -0.4 is 4.74 Å². The number of non-ortho nitro benzene ring substituents is 1. The van der Waals surface area contributed by atoms with Gasteiger partial charge in [0, 0.05) is 22.8 Å². The van der Waals surface area contributed by atoms with Gasteiger partial charge in [-0.15, -0.1) is 0 Å². The van der Waals surface area contributed by atoms with Gasteiger partial charge in [-0.2, -0.15) is 0 Å². The number of hydrogen-bond acceptors (Lipinski definition) is 5. The Balaban J connectivity index is 3.31. The van der Waals surface area contributed by atoms with E-state index in [1.165, 1.54) is 12.1 Å². The number of nitro groups is 1. The van der Waals surface area contributed by atoms with Crippen LogP contribution in [0.5, 0.6) is 5.75 Å². The molecular weight excluding hydrogens is 270 g/mol. The molecule has 0 saturated heterocycles. The van der Waals surface area contributed by atoms with Crippen LogP contribution in [0.15, 0.2) is 35.7 Å². The summed E-state index contributed by atoms with van der Waals surface area (Å²) in [5, 5.41) is 10.5. The Morgan fingerprint density at radius 3 is 2.65 bits per heavy atom. The Bertz CT molecular complexity index is 555. The van der Waals surface area contributed by atoms with E-state index in [2.05, 4.69) is 6.58 Å². The average molecular weight is 278 g/mol. The van der Waals surface area contributed by atoms with Crippen LogP contribution in [0.2, 0.25) is 0 Å². The van der Waals surface area contributed by atoms with Gasteiger partial charge in [0.2, 0.25) is 0 Å². The van der Waals surface area contributed by atoms with Gasteiger partial charge in [0.25, 0.3) is 14.7 Å². The zero-order valence-electron chi connectivity index (χ0n) is 8.50. The Morgan fingerprint density at radius 2 is 2.18 bits per heavy atom. The summed E-state index contributed by atoms with van der Waals surface area (Å²) in [5.74, 6) is -0.0505. The molecule has 0 aromatic heterocycles. The zero-order valence-corrected chi connectivity index (χ0v) is 10.1. The lowest BCUT2D eigenvalue weighted by Crippen LogP contribution is -2.01. The monoisotopic (exact) mass is 277 g/mol. The molecule has 0 radical (unpaired) electrons. The molecule has 0 heterocycles. The summed E-state index contributed by atoms with van der Waals surface area (Å²) >= 11 is 0. The maximum absolute atomic E-state index is 11.2. The number of rotatable bonds is 5. The van der Waals surface area contributed by atoms with E-state index in [0.29, 0.717) is 0 Å². The van der Waals surface area contributed by atoms with E-state index in [4.69, 9.17) is 15.4 Å². The van der Waals surface area contributed by atoms with Crippen molar-refractivity contribution in [2.75, 3.05) is 6.61 Å². The van der Waals surface area contributed by atoms with Gasteiger partial charge in [0.15, 0.2) is 0 Å². The molecule has 0 spiro atoms. The SMILES string of the molecule is C=CCOc1ccc([N+](=O)[O-])cc1S(=O)(=O)Cl. The predicted octanol–water partition coefficient (Wildman–Crippen LogP) is 2.09. The van der Waals surface area contributed by atoms with Crippen molar-refractivity contribution in [3.8, 4) is 5.75 Å². The molecule has 6 nitrogen and oxygen atoms in total. The van der Waals surface area contributed by atoms with Gasteiger partial charge in [-0.1, -0.05) is 12.7 Å². The highest BCUT2D eigenvalue weighted by Crippen LogP contribution is 2.30. The van der Waals surface area contributed by atoms with E-state index in [0.717, 1.165) is 12.1 Å². The van der Waals surface area contributed by atoms with Crippen molar-refractivity contribution < 1.29 is 18.1 Å². The van der Waals surface area contributed by atoms with Crippen LogP contribution in [0.4, 0.5) is 5.69 Å². The number of ether oxygens (including phenoxy) is 1. The first-order valence-corrected chi connectivity index (χ1v) is 6.64. The predicted molar refractivity (Wildman–Crippen MR) is 61.8 cm³/mol. The van der Waals surface area contributed by atoms with E-state index < -0.39 is 18.9 Å². The van der Waals surface area contributed by atoms with Gasteiger partial charge >= 0.3 is 0 Å². The van der Waals surface area contributed by atoms with Crippen molar-refractivity contribution in [3.05, 3.63) is 41.0 Å². The lowest BCUT2D eigenvalue weighted by molar-refractivity contribution is -0.385. The fourth-order valence-electron chi connectivity index (χ4n) is 1.07. The molecule has 0 bridgehead atoms. The highest BCUT2D eigenvalue weighted by atomic mass is 35.7. The maximum Gasteiger partial charge on any atom is 0.271 e. The van der Waals surface area contributed by atoms with E-state index in [1.807, 2.05) is 0 Å². The van der Waals surface area contributed by atoms with Gasteiger partial charge in [-0.3, -0.25) is 10.1 Å². The number of halogens is 1. The molecule has 0 aliphatic carbocycles. The number of benzene rings is 1. The molecule has 0 amide bonds. The molecule has 1 rings (SSSR count). The smallest absolute Gasteiger partial charge is 0.271 e. The van der Waals surface area contributed by atoms with Crippen molar-refractivity contribution in [2.24, 2.45) is 0 Å². The molecule has 17 heavy (non-hydrogen) atoms. The van der Waals surface area contributed by atoms with Crippen molar-refractivity contribution in [1.29, 1.82) is 0 Å². The Kier molecular flexibility index (Phi) is 4.08. The molecule has 0 atom stereocenters. The Morgan fingerprint density at radius 1 is 1.53 bits per heavy atom. The standard InChI is InChI=1S/C9H8ClNO5S/c1-2-5-16-8-4-3-7(11(12)13)6-9(8)17(10,14)15/h2-4,6H,1,5H2. The third-order valence-corrected chi connectivity index (χ3v) is 3.10. The summed E-state index contributed by atoms with van der Waals surface area (Å²) in [6.45, 7) is 3.46. The molecule has 8 heteroatoms. The number of nitro benzene ring substituents is 1. The lowest BCUT2D eigenvalue weighted by Gasteiger charge is -2.07. The summed E-state index contributed by atoms with van der Waals surface area (Å²) < 4.78 is 27.5. The molecule has 0 aliphatic heterocycles. The highest BCUT2D eigenvalue weighted by Gasteiger charge is 2.21. The van der Waals surface area contributed by atoms with Crippen LogP contribution in [0, 0.1) is 10.1 Å². The summed E-state index contributed by atoms with van der Waals surface area (Å²) in [7, 11) is 1.05. The first kappa shape index (κ1) is 13.5. The minimum absolute atomic E-state index is 0.0505. The van der Waals surface area contributed by atoms with Crippen molar-refractivity contribution in [1.82, 2.24) is 0 Å². The van der Waals surface area contributed by atoms with Crippen LogP contribution in [0.3, 0.4) is 0 Å². The molecule has 0 fully saturated rings. The molecule has 1 aromatic rings. The largest absolute Gasteiger partial charge is 0.488 e. The third-order valence-electron chi connectivity index (χ3n) is 1.76. The average Bonchev–Trinajstić information content (AvgIpc) is 2.24. The van der Waals surface area contributed by atoms with E-state index in [-0.39, 0.29) is 18.0 Å². The van der Waals surface area contributed by atoms with Crippen molar-refractivity contribution in [3.63, 3.8) is 0 Å². The van der Waals surface area contributed by atoms with Crippen LogP contribution in [-0.2, 0) is 9.05 Å². The van der Waals surface area contributed by atoms with Gasteiger partial charge in [-0.25, -0.2) is 8.42 Å². The van der Waals surface area contributed by atoms with Crippen molar-refractivity contribution in [2.45, 2.75) is 4.90 Å². The third kappa shape index (κ3) is 3.43. The maximum atomic E-state index is 11.2. The molecule has 1 aromatic carbocycles. The topological polar surface area (TPSA) is 86.5 Å². The second kappa shape index (κ2) is 5.15. The van der Waals surface area contributed by atoms with Crippen molar-refractivity contribution >= 4 is 25.4 Å². The van der Waals surface area contributed by atoms with Crippen LogP contribution in [0.1, 0.15) is 0 Å². The lowest BCUT2D eigenvalue weighted by atomic mass is 10.3. The molecule has 92 valence electrons. The zero-order chi connectivity index (χ0) is 13.1. The number of nitrogens with zero attached hydrogens (tertiary/aromatic N) is 1. The highest BCUT2D eigenvalue weighted by molar-refractivity contribution is 8.13. The van der Waals surface area contributed by atoms with Gasteiger partial charge in [-0.05, 0) is 6.07 Å². The fourth-order valence-corrected chi connectivity index (χ4v) is 2.06. The molecule has 0 unspecified atom stereocenters. The summed E-state index contributed by atoms with van der Waals surface area (Å²) in [5.41, 5.74) is -0.379. The van der Waals surface area contributed by atoms with E-state index in [1.54, 1.807) is 0 Å². The second-order valence-corrected chi connectivity index (χ2v) is 5.46. The number of hydrogen-bond donors (Lipinski definition) is 0. The normalized spacial score (nSPS) is 10.9. The first-order valence-electron chi connectivity index (χ1n) is 4.33. The first-order chi connectivity index (χ1) is 7.86. The van der Waals surface area contributed by atoms with Crippen LogP contribution in [-0.4, -0.2) is 19.9 Å². The van der Waals surface area contributed by atoms with Crippen LogP contribution >= 0.6 is 10.7 Å². The van der Waals surface area contributed by atoms with Gasteiger partial charge < -0.3 is 4.74 Å². The van der Waals surface area contributed by atoms with Crippen LogP contribution in [0.25, 0.3) is 0 Å². The second-order valence-electron chi connectivity index (χ2n) is 2.93. The Labute approximate surface area is 102 Å². The summed E-state index contributed by atoms with van der Waals surface area (Å²) in [6.07, 6.45) is 1.41. The van der Waals surface area contributed by atoms with Gasteiger partial charge in [0.1, 0.15) is 17.3 Å². The Hall–Kier alpha value is -1.60. The van der Waals surface area contributed by atoms with E-state index >= 15 is 0 Å². The summed E-state index contributed by atoms with van der Waals surface area (Å²) in [6, 6.07) is 3.15. The minimum Gasteiger partial charge on any atom is -0.488 e. The summed E-state index contributed by atoms with van der Waals surface area (Å²) in [4.78, 5) is 9.36. The molecular formula is C9H8ClNO5S. The molecule has 0 aliphatic rings. The molecule has 0 N–H and O–H groups in total. The quantitative estimate of drug-likeness (QED) is 0.356.